The number of amides is 2. The van der Waals surface area contributed by atoms with E-state index in [4.69, 9.17) is 11.6 Å². The van der Waals surface area contributed by atoms with E-state index in [9.17, 15) is 9.59 Å². The van der Waals surface area contributed by atoms with Gasteiger partial charge in [-0.3, -0.25) is 9.59 Å². The lowest BCUT2D eigenvalue weighted by Gasteiger charge is -2.26. The smallest absolute Gasteiger partial charge is 0.286 e. The Bertz CT molecular complexity index is 822. The molecule has 0 bridgehead atoms. The molecule has 8 heteroatoms. The van der Waals surface area contributed by atoms with Crippen LogP contribution in [0.4, 0.5) is 5.69 Å². The average molecular weight is 407 g/mol. The molecular weight excluding hydrogens is 384 g/mol. The van der Waals surface area contributed by atoms with Gasteiger partial charge in [0, 0.05) is 23.2 Å². The molecule has 27 heavy (non-hydrogen) atoms. The van der Waals surface area contributed by atoms with Gasteiger partial charge < -0.3 is 10.2 Å². The van der Waals surface area contributed by atoms with Crippen molar-refractivity contribution in [3.63, 3.8) is 0 Å². The Labute approximate surface area is 167 Å². The van der Waals surface area contributed by atoms with Gasteiger partial charge in [0.05, 0.1) is 6.04 Å². The average Bonchev–Trinajstić information content (AvgIpc) is 3.32. The molecule has 1 atom stereocenters. The zero-order chi connectivity index (χ0) is 19.4. The molecule has 0 saturated carbocycles. The van der Waals surface area contributed by atoms with Crippen LogP contribution < -0.4 is 5.32 Å². The van der Waals surface area contributed by atoms with Gasteiger partial charge in [0.15, 0.2) is 0 Å². The normalized spacial score (nSPS) is 16.7. The second-order valence-electron chi connectivity index (χ2n) is 6.61. The molecule has 1 aliphatic rings. The highest BCUT2D eigenvalue weighted by Crippen LogP contribution is 2.35. The third kappa shape index (κ3) is 4.47. The minimum Gasteiger partial charge on any atom is -0.333 e. The van der Waals surface area contributed by atoms with Gasteiger partial charge in [-0.05, 0) is 43.9 Å². The molecule has 1 aromatic carbocycles. The van der Waals surface area contributed by atoms with E-state index in [1.807, 2.05) is 18.7 Å². The van der Waals surface area contributed by atoms with Crippen LogP contribution in [0.25, 0.3) is 0 Å². The maximum absolute atomic E-state index is 12.8. The van der Waals surface area contributed by atoms with Gasteiger partial charge in [-0.25, -0.2) is 0 Å². The van der Waals surface area contributed by atoms with Crippen LogP contribution >= 0.6 is 22.9 Å². The zero-order valence-electron chi connectivity index (χ0n) is 15.4. The van der Waals surface area contributed by atoms with E-state index < -0.39 is 0 Å². The molecule has 2 aromatic rings. The third-order valence-corrected chi connectivity index (χ3v) is 6.13. The molecule has 144 valence electrons. The molecule has 0 aliphatic carbocycles. The molecule has 0 radical (unpaired) electrons. The first-order valence-corrected chi connectivity index (χ1v) is 10.4. The van der Waals surface area contributed by atoms with Crippen molar-refractivity contribution in [1.82, 2.24) is 15.1 Å². The number of nitrogens with one attached hydrogen (secondary N) is 1. The van der Waals surface area contributed by atoms with Crippen LogP contribution in [-0.2, 0) is 4.79 Å². The summed E-state index contributed by atoms with van der Waals surface area (Å²) in [6.07, 6.45) is 3.47. The lowest BCUT2D eigenvalue weighted by molar-refractivity contribution is -0.136. The van der Waals surface area contributed by atoms with Crippen molar-refractivity contribution in [3.8, 4) is 0 Å². The first-order chi connectivity index (χ1) is 13.0. The fourth-order valence-corrected chi connectivity index (χ4v) is 4.45. The topological polar surface area (TPSA) is 75.2 Å². The number of hydrogen-bond donors (Lipinski definition) is 1. The maximum atomic E-state index is 12.8. The summed E-state index contributed by atoms with van der Waals surface area (Å²) >= 11 is 7.19. The van der Waals surface area contributed by atoms with E-state index in [2.05, 4.69) is 15.5 Å². The van der Waals surface area contributed by atoms with Gasteiger partial charge in [0.1, 0.15) is 5.01 Å². The standard InChI is InChI=1S/C19H23ClN4O2S/c1-3-12(4-2)19(26)24-10-6-9-15(24)17-22-23-18(27-17)16(25)21-14-8-5-7-13(20)11-14/h5,7-8,11-12,15H,3-4,6,9-10H2,1-2H3,(H,21,25). The minimum absolute atomic E-state index is 0.0455. The molecule has 1 saturated heterocycles. The Kier molecular flexibility index (Phi) is 6.44. The molecule has 6 nitrogen and oxygen atoms in total. The summed E-state index contributed by atoms with van der Waals surface area (Å²) < 4.78 is 0. The summed E-state index contributed by atoms with van der Waals surface area (Å²) in [5, 5.41) is 12.6. The van der Waals surface area contributed by atoms with Crippen molar-refractivity contribution in [1.29, 1.82) is 0 Å². The summed E-state index contributed by atoms with van der Waals surface area (Å²) in [6, 6.07) is 6.87. The minimum atomic E-state index is -0.322. The van der Waals surface area contributed by atoms with E-state index in [-0.39, 0.29) is 28.8 Å². The van der Waals surface area contributed by atoms with Gasteiger partial charge in [0.2, 0.25) is 10.9 Å². The van der Waals surface area contributed by atoms with Crippen LogP contribution in [-0.4, -0.2) is 33.5 Å². The predicted molar refractivity (Wildman–Crippen MR) is 107 cm³/mol. The molecule has 1 aliphatic heterocycles. The Morgan fingerprint density at radius 1 is 1.33 bits per heavy atom. The number of carbonyl (C=O) groups excluding carboxylic acids is 2. The van der Waals surface area contributed by atoms with Crippen molar-refractivity contribution in [2.75, 3.05) is 11.9 Å². The van der Waals surface area contributed by atoms with Gasteiger partial charge in [-0.2, -0.15) is 0 Å². The number of anilines is 1. The first kappa shape index (κ1) is 19.8. The molecule has 1 aromatic heterocycles. The largest absolute Gasteiger partial charge is 0.333 e. The Morgan fingerprint density at radius 3 is 2.81 bits per heavy atom. The van der Waals surface area contributed by atoms with Gasteiger partial charge in [-0.15, -0.1) is 10.2 Å². The predicted octanol–water partition coefficient (Wildman–Crippen LogP) is 4.54. The van der Waals surface area contributed by atoms with E-state index in [0.717, 1.165) is 37.2 Å². The van der Waals surface area contributed by atoms with E-state index >= 15 is 0 Å². The number of nitrogens with zero attached hydrogens (tertiary/aromatic N) is 3. The van der Waals surface area contributed by atoms with Crippen molar-refractivity contribution in [2.24, 2.45) is 5.92 Å². The Morgan fingerprint density at radius 2 is 2.11 bits per heavy atom. The molecule has 1 fully saturated rings. The van der Waals surface area contributed by atoms with Gasteiger partial charge >= 0.3 is 0 Å². The van der Waals surface area contributed by atoms with Crippen molar-refractivity contribution < 1.29 is 9.59 Å². The fraction of sp³-hybridized carbons (Fsp3) is 0.474. The number of aromatic nitrogens is 2. The highest BCUT2D eigenvalue weighted by atomic mass is 35.5. The Hall–Kier alpha value is -1.99. The van der Waals surface area contributed by atoms with Crippen LogP contribution in [0.1, 0.15) is 60.4 Å². The van der Waals surface area contributed by atoms with Crippen LogP contribution in [0, 0.1) is 5.92 Å². The number of hydrogen-bond acceptors (Lipinski definition) is 5. The molecule has 2 heterocycles. The first-order valence-electron chi connectivity index (χ1n) is 9.24. The van der Waals surface area contributed by atoms with E-state index in [1.165, 1.54) is 11.3 Å². The third-order valence-electron chi connectivity index (χ3n) is 4.87. The van der Waals surface area contributed by atoms with Crippen LogP contribution in [0.15, 0.2) is 24.3 Å². The van der Waals surface area contributed by atoms with Gasteiger partial charge in [0.25, 0.3) is 5.91 Å². The van der Waals surface area contributed by atoms with Crippen molar-refractivity contribution in [3.05, 3.63) is 39.3 Å². The summed E-state index contributed by atoms with van der Waals surface area (Å²) in [7, 11) is 0. The molecular formula is C19H23ClN4O2S. The monoisotopic (exact) mass is 406 g/mol. The second-order valence-corrected chi connectivity index (χ2v) is 8.06. The quantitative estimate of drug-likeness (QED) is 0.763. The number of rotatable bonds is 6. The summed E-state index contributed by atoms with van der Waals surface area (Å²) in [6.45, 7) is 4.82. The molecule has 1 N–H and O–H groups in total. The van der Waals surface area contributed by atoms with Gasteiger partial charge in [-0.1, -0.05) is 42.9 Å². The Balaban J connectivity index is 1.72. The number of likely N-dealkylation sites (tertiary alicyclic amines) is 1. The lowest BCUT2D eigenvalue weighted by Crippen LogP contribution is -2.35. The highest BCUT2D eigenvalue weighted by Gasteiger charge is 2.35. The molecule has 1 unspecified atom stereocenters. The molecule has 2 amide bonds. The van der Waals surface area contributed by atoms with Crippen LogP contribution in [0.3, 0.4) is 0 Å². The maximum Gasteiger partial charge on any atom is 0.286 e. The summed E-state index contributed by atoms with van der Waals surface area (Å²) in [5.74, 6) is -0.0939. The summed E-state index contributed by atoms with van der Waals surface area (Å²) in [5.41, 5.74) is 0.607. The lowest BCUT2D eigenvalue weighted by atomic mass is 10.0. The highest BCUT2D eigenvalue weighted by molar-refractivity contribution is 7.13. The SMILES string of the molecule is CCC(CC)C(=O)N1CCCC1c1nnc(C(=O)Nc2cccc(Cl)c2)s1. The van der Waals surface area contributed by atoms with E-state index in [0.29, 0.717) is 10.7 Å². The fourth-order valence-electron chi connectivity index (χ4n) is 3.37. The van der Waals surface area contributed by atoms with Crippen LogP contribution in [0.2, 0.25) is 5.02 Å². The number of carbonyl (C=O) groups is 2. The van der Waals surface area contributed by atoms with Crippen molar-refractivity contribution >= 4 is 40.4 Å². The van der Waals surface area contributed by atoms with Crippen molar-refractivity contribution in [2.45, 2.75) is 45.6 Å². The van der Waals surface area contributed by atoms with Crippen LogP contribution in [0.5, 0.6) is 0 Å². The molecule has 3 rings (SSSR count). The number of benzene rings is 1. The second kappa shape index (κ2) is 8.80. The number of halogens is 1. The van der Waals surface area contributed by atoms with E-state index in [1.54, 1.807) is 24.3 Å². The summed E-state index contributed by atoms with van der Waals surface area (Å²) in [4.78, 5) is 27.2. The molecule has 0 spiro atoms. The zero-order valence-corrected chi connectivity index (χ0v) is 17.0.